The molecule has 1 saturated heterocycles. The van der Waals surface area contributed by atoms with Crippen molar-refractivity contribution in [1.82, 2.24) is 4.31 Å². The van der Waals surface area contributed by atoms with E-state index in [9.17, 15) is 13.2 Å². The average molecular weight is 447 g/mol. The van der Waals surface area contributed by atoms with Gasteiger partial charge < -0.3 is 14.8 Å². The third-order valence-electron chi connectivity index (χ3n) is 5.50. The van der Waals surface area contributed by atoms with Crippen LogP contribution in [-0.4, -0.2) is 45.9 Å². The maximum Gasteiger partial charge on any atom is 0.243 e. The van der Waals surface area contributed by atoms with Crippen molar-refractivity contribution >= 4 is 21.6 Å². The molecule has 1 aliphatic rings. The molecule has 31 heavy (non-hydrogen) atoms. The third-order valence-corrected chi connectivity index (χ3v) is 7.39. The number of carbonyl (C=O) groups excluding carboxylic acids is 1. The predicted octanol–water partition coefficient (Wildman–Crippen LogP) is 3.76. The highest BCUT2D eigenvalue weighted by Gasteiger charge is 2.27. The first kappa shape index (κ1) is 23.1. The zero-order valence-corrected chi connectivity index (χ0v) is 19.1. The zero-order chi connectivity index (χ0) is 22.4. The Bertz CT molecular complexity index is 1030. The molecule has 1 fully saturated rings. The summed E-state index contributed by atoms with van der Waals surface area (Å²) in [6, 6.07) is 10.4. The molecular formula is C23H30N2O5S. The molecule has 8 heteroatoms. The molecule has 0 unspecified atom stereocenters. The third kappa shape index (κ3) is 5.57. The SMILES string of the molecule is COc1ccc(CCC(=O)Nc2cc(S(=O)(=O)N3CCCCC3)ccc2OC)cc1C. The number of amides is 1. The summed E-state index contributed by atoms with van der Waals surface area (Å²) in [5.74, 6) is 1.02. The summed E-state index contributed by atoms with van der Waals surface area (Å²) in [4.78, 5) is 12.7. The molecule has 2 aromatic carbocycles. The molecule has 0 bridgehead atoms. The first-order valence-corrected chi connectivity index (χ1v) is 11.9. The number of hydrogen-bond acceptors (Lipinski definition) is 5. The topological polar surface area (TPSA) is 84.9 Å². The summed E-state index contributed by atoms with van der Waals surface area (Å²) in [6.45, 7) is 3.01. The van der Waals surface area contributed by atoms with Crippen LogP contribution in [0.15, 0.2) is 41.3 Å². The van der Waals surface area contributed by atoms with Gasteiger partial charge in [0.2, 0.25) is 15.9 Å². The summed E-state index contributed by atoms with van der Waals surface area (Å²) in [7, 11) is -0.480. The van der Waals surface area contributed by atoms with Gasteiger partial charge in [-0.1, -0.05) is 18.6 Å². The van der Waals surface area contributed by atoms with Crippen molar-refractivity contribution in [2.45, 2.75) is 43.9 Å². The van der Waals surface area contributed by atoms with E-state index in [2.05, 4.69) is 5.32 Å². The molecule has 0 radical (unpaired) electrons. The van der Waals surface area contributed by atoms with E-state index in [1.54, 1.807) is 13.2 Å². The van der Waals surface area contributed by atoms with Crippen molar-refractivity contribution in [3.05, 3.63) is 47.5 Å². The van der Waals surface area contributed by atoms with Gasteiger partial charge in [0, 0.05) is 19.5 Å². The fourth-order valence-corrected chi connectivity index (χ4v) is 5.31. The summed E-state index contributed by atoms with van der Waals surface area (Å²) < 4.78 is 38.1. The second kappa shape index (κ2) is 10.2. The molecule has 1 amide bonds. The van der Waals surface area contributed by atoms with Gasteiger partial charge in [-0.3, -0.25) is 4.79 Å². The zero-order valence-electron chi connectivity index (χ0n) is 18.3. The van der Waals surface area contributed by atoms with Crippen LogP contribution in [0.25, 0.3) is 0 Å². The number of aryl methyl sites for hydroxylation is 2. The highest BCUT2D eigenvalue weighted by molar-refractivity contribution is 7.89. The molecule has 0 saturated carbocycles. The summed E-state index contributed by atoms with van der Waals surface area (Å²) in [5.41, 5.74) is 2.40. The normalized spacial score (nSPS) is 14.8. The number of ether oxygens (including phenoxy) is 2. The molecule has 0 aliphatic carbocycles. The van der Waals surface area contributed by atoms with E-state index in [4.69, 9.17) is 9.47 Å². The average Bonchev–Trinajstić information content (AvgIpc) is 2.78. The van der Waals surface area contributed by atoms with Crippen molar-refractivity contribution in [3.8, 4) is 11.5 Å². The molecule has 0 atom stereocenters. The standard InChI is InChI=1S/C23H30N2O5S/c1-17-15-18(7-10-21(17)29-2)8-12-23(26)24-20-16-19(9-11-22(20)30-3)31(27,28)25-13-5-4-6-14-25/h7,9-11,15-16H,4-6,8,12-14H2,1-3H3,(H,24,26). The predicted molar refractivity (Wildman–Crippen MR) is 120 cm³/mol. The maximum atomic E-state index is 13.0. The quantitative estimate of drug-likeness (QED) is 0.667. The second-order valence-corrected chi connectivity index (χ2v) is 9.62. The summed E-state index contributed by atoms with van der Waals surface area (Å²) in [5, 5.41) is 2.81. The van der Waals surface area contributed by atoms with Crippen LogP contribution in [0.1, 0.15) is 36.8 Å². The van der Waals surface area contributed by atoms with Crippen molar-refractivity contribution in [1.29, 1.82) is 0 Å². The Balaban J connectivity index is 1.71. The number of methoxy groups -OCH3 is 2. The number of nitrogens with one attached hydrogen (secondary N) is 1. The molecule has 0 aromatic heterocycles. The molecule has 1 aliphatic heterocycles. The minimum absolute atomic E-state index is 0.163. The monoisotopic (exact) mass is 446 g/mol. The van der Waals surface area contributed by atoms with Gasteiger partial charge in [0.15, 0.2) is 0 Å². The molecule has 168 valence electrons. The largest absolute Gasteiger partial charge is 0.496 e. The van der Waals surface area contributed by atoms with E-state index in [-0.39, 0.29) is 17.2 Å². The minimum atomic E-state index is -3.60. The van der Waals surface area contributed by atoms with E-state index in [0.717, 1.165) is 36.1 Å². The van der Waals surface area contributed by atoms with E-state index in [1.807, 2.05) is 25.1 Å². The van der Waals surface area contributed by atoms with Gasteiger partial charge in [-0.05, 0) is 61.6 Å². The lowest BCUT2D eigenvalue weighted by molar-refractivity contribution is -0.116. The van der Waals surface area contributed by atoms with Crippen LogP contribution in [0.3, 0.4) is 0 Å². The molecule has 7 nitrogen and oxygen atoms in total. The maximum absolute atomic E-state index is 13.0. The van der Waals surface area contributed by atoms with Crippen molar-refractivity contribution in [3.63, 3.8) is 0 Å². The Hall–Kier alpha value is -2.58. The van der Waals surface area contributed by atoms with Gasteiger partial charge in [-0.15, -0.1) is 0 Å². The van der Waals surface area contributed by atoms with Gasteiger partial charge in [0.1, 0.15) is 11.5 Å². The lowest BCUT2D eigenvalue weighted by Crippen LogP contribution is -2.35. The molecule has 0 spiro atoms. The summed E-state index contributed by atoms with van der Waals surface area (Å²) >= 11 is 0. The number of nitrogens with zero attached hydrogens (tertiary/aromatic N) is 1. The molecule has 3 rings (SSSR count). The minimum Gasteiger partial charge on any atom is -0.496 e. The van der Waals surface area contributed by atoms with Gasteiger partial charge in [0.25, 0.3) is 0 Å². The first-order valence-electron chi connectivity index (χ1n) is 10.5. The molecule has 1 N–H and O–H groups in total. The number of hydrogen-bond donors (Lipinski definition) is 1. The number of benzene rings is 2. The van der Waals surface area contributed by atoms with Crippen LogP contribution in [0.5, 0.6) is 11.5 Å². The van der Waals surface area contributed by atoms with Gasteiger partial charge >= 0.3 is 0 Å². The fourth-order valence-electron chi connectivity index (χ4n) is 3.77. The van der Waals surface area contributed by atoms with Gasteiger partial charge in [0.05, 0.1) is 24.8 Å². The molecule has 2 aromatic rings. The van der Waals surface area contributed by atoms with Crippen molar-refractivity contribution in [2.75, 3.05) is 32.6 Å². The Labute approximate surface area is 184 Å². The lowest BCUT2D eigenvalue weighted by Gasteiger charge is -2.26. The van der Waals surface area contributed by atoms with E-state index in [1.165, 1.54) is 23.5 Å². The number of piperidine rings is 1. The fraction of sp³-hybridized carbons (Fsp3) is 0.435. The van der Waals surface area contributed by atoms with E-state index < -0.39 is 10.0 Å². The summed E-state index contributed by atoms with van der Waals surface area (Å²) in [6.07, 6.45) is 3.60. The van der Waals surface area contributed by atoms with E-state index in [0.29, 0.717) is 30.9 Å². The Morgan fingerprint density at radius 1 is 1.00 bits per heavy atom. The number of anilines is 1. The van der Waals surface area contributed by atoms with Gasteiger partial charge in [-0.2, -0.15) is 4.31 Å². The van der Waals surface area contributed by atoms with Crippen LogP contribution < -0.4 is 14.8 Å². The number of sulfonamides is 1. The Morgan fingerprint density at radius 3 is 2.32 bits per heavy atom. The van der Waals surface area contributed by atoms with Crippen molar-refractivity contribution < 1.29 is 22.7 Å². The highest BCUT2D eigenvalue weighted by atomic mass is 32.2. The molecular weight excluding hydrogens is 416 g/mol. The van der Waals surface area contributed by atoms with Crippen LogP contribution in [0.2, 0.25) is 0 Å². The lowest BCUT2D eigenvalue weighted by atomic mass is 10.1. The van der Waals surface area contributed by atoms with Crippen LogP contribution in [0, 0.1) is 6.92 Å². The van der Waals surface area contributed by atoms with Crippen LogP contribution >= 0.6 is 0 Å². The molecule has 1 heterocycles. The number of carbonyl (C=O) groups is 1. The van der Waals surface area contributed by atoms with Gasteiger partial charge in [-0.25, -0.2) is 8.42 Å². The van der Waals surface area contributed by atoms with Crippen LogP contribution in [-0.2, 0) is 21.2 Å². The Kier molecular flexibility index (Phi) is 7.56. The van der Waals surface area contributed by atoms with Crippen LogP contribution in [0.4, 0.5) is 5.69 Å². The Morgan fingerprint density at radius 2 is 1.68 bits per heavy atom. The van der Waals surface area contributed by atoms with Crippen molar-refractivity contribution in [2.24, 2.45) is 0 Å². The van der Waals surface area contributed by atoms with E-state index >= 15 is 0 Å². The smallest absolute Gasteiger partial charge is 0.243 e. The first-order chi connectivity index (χ1) is 14.8. The highest BCUT2D eigenvalue weighted by Crippen LogP contribution is 2.30. The number of rotatable bonds is 8. The second-order valence-electron chi connectivity index (χ2n) is 7.68.